The largest absolute Gasteiger partial charge is 0.469 e. The van der Waals surface area contributed by atoms with Gasteiger partial charge in [0.05, 0.1) is 13.2 Å². The molecule has 0 radical (unpaired) electrons. The minimum atomic E-state index is -0.430. The predicted octanol–water partition coefficient (Wildman–Crippen LogP) is 1.56. The fourth-order valence-corrected chi connectivity index (χ4v) is 2.48. The van der Waals surface area contributed by atoms with Crippen LogP contribution in [0.2, 0.25) is 0 Å². The van der Waals surface area contributed by atoms with Crippen molar-refractivity contribution in [1.29, 1.82) is 0 Å². The van der Waals surface area contributed by atoms with Gasteiger partial charge in [-0.25, -0.2) is 0 Å². The molecule has 4 heteroatoms. The van der Waals surface area contributed by atoms with Crippen LogP contribution >= 0.6 is 0 Å². The molecule has 1 fully saturated rings. The minimum absolute atomic E-state index is 0.246. The second kappa shape index (κ2) is 7.67. The molecular weight excluding hydrogens is 218 g/mol. The molecule has 1 aliphatic carbocycles. The summed E-state index contributed by atoms with van der Waals surface area (Å²) in [5.41, 5.74) is 0. The van der Waals surface area contributed by atoms with Crippen LogP contribution in [0.15, 0.2) is 0 Å². The van der Waals surface area contributed by atoms with Crippen molar-refractivity contribution >= 4 is 5.97 Å². The zero-order valence-electron chi connectivity index (χ0n) is 11.0. The van der Waals surface area contributed by atoms with E-state index < -0.39 is 6.10 Å². The van der Waals surface area contributed by atoms with Crippen molar-refractivity contribution in [1.82, 2.24) is 4.90 Å². The summed E-state index contributed by atoms with van der Waals surface area (Å²) in [6.07, 6.45) is 6.77. The summed E-state index contributed by atoms with van der Waals surface area (Å²) in [4.78, 5) is 13.2. The Morgan fingerprint density at radius 2 is 2.06 bits per heavy atom. The fraction of sp³-hybridized carbons (Fsp3) is 0.923. The number of carbonyl (C=O) groups is 1. The molecule has 0 aromatic heterocycles. The van der Waals surface area contributed by atoms with Gasteiger partial charge in [0.15, 0.2) is 0 Å². The van der Waals surface area contributed by atoms with E-state index in [-0.39, 0.29) is 5.97 Å². The normalized spacial score (nSPS) is 19.3. The molecule has 0 heterocycles. The molecular formula is C13H25NO3. The molecule has 0 spiro atoms. The molecule has 100 valence electrons. The lowest BCUT2D eigenvalue weighted by molar-refractivity contribution is -0.141. The minimum Gasteiger partial charge on any atom is -0.469 e. The highest BCUT2D eigenvalue weighted by atomic mass is 16.5. The highest BCUT2D eigenvalue weighted by Crippen LogP contribution is 2.21. The van der Waals surface area contributed by atoms with Crippen LogP contribution in [0.5, 0.6) is 0 Å². The van der Waals surface area contributed by atoms with E-state index in [1.807, 2.05) is 0 Å². The van der Waals surface area contributed by atoms with Gasteiger partial charge in [0, 0.05) is 19.0 Å². The van der Waals surface area contributed by atoms with Gasteiger partial charge in [0.25, 0.3) is 0 Å². The van der Waals surface area contributed by atoms with Crippen molar-refractivity contribution in [2.45, 2.75) is 57.1 Å². The molecule has 1 unspecified atom stereocenters. The number of aliphatic hydroxyl groups excluding tert-OH is 1. The van der Waals surface area contributed by atoms with Crippen LogP contribution in [0.3, 0.4) is 0 Å². The molecule has 1 aliphatic rings. The molecule has 1 saturated carbocycles. The van der Waals surface area contributed by atoms with Gasteiger partial charge in [-0.3, -0.25) is 4.79 Å². The number of aliphatic hydroxyl groups is 1. The summed E-state index contributed by atoms with van der Waals surface area (Å²) in [6, 6.07) is 0.608. The molecule has 1 atom stereocenters. The van der Waals surface area contributed by atoms with Crippen molar-refractivity contribution in [2.24, 2.45) is 0 Å². The van der Waals surface area contributed by atoms with Crippen LogP contribution in [0.1, 0.15) is 44.9 Å². The van der Waals surface area contributed by atoms with E-state index in [4.69, 9.17) is 0 Å². The lowest BCUT2D eigenvalue weighted by Crippen LogP contribution is -2.38. The van der Waals surface area contributed by atoms with Crippen molar-refractivity contribution in [3.8, 4) is 0 Å². The van der Waals surface area contributed by atoms with E-state index in [1.54, 1.807) is 0 Å². The van der Waals surface area contributed by atoms with Crippen LogP contribution in [0.25, 0.3) is 0 Å². The summed E-state index contributed by atoms with van der Waals surface area (Å²) in [5, 5.41) is 9.85. The van der Waals surface area contributed by atoms with Gasteiger partial charge >= 0.3 is 5.97 Å². The van der Waals surface area contributed by atoms with E-state index in [2.05, 4.69) is 16.7 Å². The SMILES string of the molecule is COC(=O)CCC(O)CN(C)C1CCCCC1. The molecule has 1 N–H and O–H groups in total. The van der Waals surface area contributed by atoms with E-state index in [0.29, 0.717) is 25.4 Å². The average molecular weight is 243 g/mol. The third-order valence-corrected chi connectivity index (χ3v) is 3.61. The van der Waals surface area contributed by atoms with Gasteiger partial charge in [-0.15, -0.1) is 0 Å². The molecule has 0 bridgehead atoms. The number of nitrogens with zero attached hydrogens (tertiary/aromatic N) is 1. The molecule has 0 aromatic carbocycles. The maximum absolute atomic E-state index is 11.0. The first kappa shape index (κ1) is 14.5. The first-order valence-corrected chi connectivity index (χ1v) is 6.58. The summed E-state index contributed by atoms with van der Waals surface area (Å²) >= 11 is 0. The third-order valence-electron chi connectivity index (χ3n) is 3.61. The second-order valence-corrected chi connectivity index (χ2v) is 5.00. The lowest BCUT2D eigenvalue weighted by atomic mass is 9.94. The maximum Gasteiger partial charge on any atom is 0.305 e. The highest BCUT2D eigenvalue weighted by molar-refractivity contribution is 5.69. The van der Waals surface area contributed by atoms with Gasteiger partial charge in [-0.2, -0.15) is 0 Å². The topological polar surface area (TPSA) is 49.8 Å². The van der Waals surface area contributed by atoms with E-state index in [0.717, 1.165) is 0 Å². The number of methoxy groups -OCH3 is 1. The molecule has 0 amide bonds. The monoisotopic (exact) mass is 243 g/mol. The Hall–Kier alpha value is -0.610. The summed E-state index contributed by atoms with van der Waals surface area (Å²) in [6.45, 7) is 0.654. The molecule has 0 aliphatic heterocycles. The Kier molecular flexibility index (Phi) is 6.52. The number of carbonyl (C=O) groups excluding carboxylic acids is 1. The number of esters is 1. The third kappa shape index (κ3) is 5.50. The Morgan fingerprint density at radius 1 is 1.41 bits per heavy atom. The molecule has 1 rings (SSSR count). The quantitative estimate of drug-likeness (QED) is 0.719. The van der Waals surface area contributed by atoms with Crippen molar-refractivity contribution in [2.75, 3.05) is 20.7 Å². The molecule has 17 heavy (non-hydrogen) atoms. The van der Waals surface area contributed by atoms with Gasteiger partial charge in [0.2, 0.25) is 0 Å². The van der Waals surface area contributed by atoms with E-state index >= 15 is 0 Å². The van der Waals surface area contributed by atoms with E-state index in [9.17, 15) is 9.90 Å². The summed E-state index contributed by atoms with van der Waals surface area (Å²) in [5.74, 6) is -0.246. The Morgan fingerprint density at radius 3 is 2.65 bits per heavy atom. The zero-order valence-corrected chi connectivity index (χ0v) is 11.0. The highest BCUT2D eigenvalue weighted by Gasteiger charge is 2.20. The Bertz CT molecular complexity index is 227. The predicted molar refractivity (Wildman–Crippen MR) is 66.8 cm³/mol. The molecule has 0 saturated heterocycles. The van der Waals surface area contributed by atoms with Crippen LogP contribution in [0.4, 0.5) is 0 Å². The number of rotatable bonds is 6. The maximum atomic E-state index is 11.0. The first-order chi connectivity index (χ1) is 8.13. The average Bonchev–Trinajstić information content (AvgIpc) is 2.36. The van der Waals surface area contributed by atoms with E-state index in [1.165, 1.54) is 39.2 Å². The number of ether oxygens (including phenoxy) is 1. The lowest BCUT2D eigenvalue weighted by Gasteiger charge is -2.32. The first-order valence-electron chi connectivity index (χ1n) is 6.58. The number of hydrogen-bond donors (Lipinski definition) is 1. The zero-order chi connectivity index (χ0) is 12.7. The summed E-state index contributed by atoms with van der Waals surface area (Å²) < 4.78 is 4.56. The van der Waals surface area contributed by atoms with Gasteiger partial charge in [-0.1, -0.05) is 19.3 Å². The molecule has 0 aromatic rings. The fourth-order valence-electron chi connectivity index (χ4n) is 2.48. The van der Waals surface area contributed by atoms with Crippen LogP contribution in [0, 0.1) is 0 Å². The Balaban J connectivity index is 2.19. The van der Waals surface area contributed by atoms with Gasteiger partial charge < -0.3 is 14.7 Å². The second-order valence-electron chi connectivity index (χ2n) is 5.00. The van der Waals surface area contributed by atoms with Gasteiger partial charge in [0.1, 0.15) is 0 Å². The van der Waals surface area contributed by atoms with Crippen molar-refractivity contribution in [3.63, 3.8) is 0 Å². The Labute approximate surface area is 104 Å². The summed E-state index contributed by atoms with van der Waals surface area (Å²) in [7, 11) is 3.44. The van der Waals surface area contributed by atoms with Crippen LogP contribution in [-0.4, -0.2) is 48.8 Å². The number of likely N-dealkylation sites (N-methyl/N-ethyl adjacent to an activating group) is 1. The van der Waals surface area contributed by atoms with Gasteiger partial charge in [-0.05, 0) is 26.3 Å². The van der Waals surface area contributed by atoms with Crippen molar-refractivity contribution in [3.05, 3.63) is 0 Å². The number of hydrogen-bond acceptors (Lipinski definition) is 4. The molecule has 4 nitrogen and oxygen atoms in total. The van der Waals surface area contributed by atoms with Crippen LogP contribution in [-0.2, 0) is 9.53 Å². The van der Waals surface area contributed by atoms with Crippen molar-refractivity contribution < 1.29 is 14.6 Å². The van der Waals surface area contributed by atoms with Crippen LogP contribution < -0.4 is 0 Å². The smallest absolute Gasteiger partial charge is 0.305 e. The standard InChI is InChI=1S/C13H25NO3/c1-14(11-6-4-3-5-7-11)10-12(15)8-9-13(16)17-2/h11-12,15H,3-10H2,1-2H3.